The van der Waals surface area contributed by atoms with Gasteiger partial charge in [-0.05, 0) is 55.0 Å². The predicted molar refractivity (Wildman–Crippen MR) is 131 cm³/mol. The zero-order chi connectivity index (χ0) is 21.6. The Balaban J connectivity index is 1.32. The Kier molecular flexibility index (Phi) is 7.57. The normalized spacial score (nSPS) is 21.5. The molecule has 2 aromatic rings. The SMILES string of the molecule is C[C@@H]1C[C@@H](C)CN(CCCNC(=O)c2ccc3c(c2)N(Cc2ccccc2)CCS3)C1. The molecule has 0 spiro atoms. The summed E-state index contributed by atoms with van der Waals surface area (Å²) in [4.78, 5) is 19.0. The Morgan fingerprint density at radius 1 is 1.10 bits per heavy atom. The van der Waals surface area contributed by atoms with E-state index in [0.717, 1.165) is 55.8 Å². The van der Waals surface area contributed by atoms with E-state index in [1.165, 1.54) is 35.7 Å². The second-order valence-corrected chi connectivity index (χ2v) is 10.4. The minimum Gasteiger partial charge on any atom is -0.365 e. The molecule has 1 amide bonds. The highest BCUT2D eigenvalue weighted by atomic mass is 32.2. The van der Waals surface area contributed by atoms with Crippen LogP contribution in [-0.4, -0.2) is 49.3 Å². The van der Waals surface area contributed by atoms with Crippen LogP contribution in [-0.2, 0) is 6.54 Å². The van der Waals surface area contributed by atoms with Crippen LogP contribution in [0.2, 0.25) is 0 Å². The second kappa shape index (κ2) is 10.6. The number of rotatable bonds is 7. The first-order valence-electron chi connectivity index (χ1n) is 11.6. The summed E-state index contributed by atoms with van der Waals surface area (Å²) >= 11 is 1.88. The molecule has 1 N–H and O–H groups in total. The van der Waals surface area contributed by atoms with Crippen LogP contribution in [0.1, 0.15) is 42.6 Å². The highest BCUT2D eigenvalue weighted by Crippen LogP contribution is 2.36. The third kappa shape index (κ3) is 6.05. The van der Waals surface area contributed by atoms with Crippen molar-refractivity contribution in [3.05, 3.63) is 59.7 Å². The largest absolute Gasteiger partial charge is 0.365 e. The third-order valence-electron chi connectivity index (χ3n) is 6.28. The van der Waals surface area contributed by atoms with E-state index in [2.05, 4.69) is 71.4 Å². The molecule has 2 aliphatic rings. The smallest absolute Gasteiger partial charge is 0.251 e. The van der Waals surface area contributed by atoms with Gasteiger partial charge in [-0.2, -0.15) is 0 Å². The summed E-state index contributed by atoms with van der Waals surface area (Å²) in [5.41, 5.74) is 3.25. The summed E-state index contributed by atoms with van der Waals surface area (Å²) in [6.07, 6.45) is 2.34. The molecule has 2 aromatic carbocycles. The molecule has 4 rings (SSSR count). The van der Waals surface area contributed by atoms with Crippen LogP contribution in [0.4, 0.5) is 5.69 Å². The quantitative estimate of drug-likeness (QED) is 0.625. The first-order chi connectivity index (χ1) is 15.1. The van der Waals surface area contributed by atoms with Gasteiger partial charge in [0.2, 0.25) is 0 Å². The standard InChI is InChI=1S/C26H35N3OS/c1-20-15-21(2)18-28(17-20)12-6-11-27-26(30)23-9-10-25-24(16-23)29(13-14-31-25)19-22-7-4-3-5-8-22/h3-5,7-10,16,20-21H,6,11-15,17-19H2,1-2H3,(H,27,30)/t20-,21-/m1/s1. The van der Waals surface area contributed by atoms with Crippen molar-refractivity contribution in [3.8, 4) is 0 Å². The van der Waals surface area contributed by atoms with Crippen molar-refractivity contribution in [2.24, 2.45) is 11.8 Å². The zero-order valence-corrected chi connectivity index (χ0v) is 19.7. The molecule has 2 atom stereocenters. The van der Waals surface area contributed by atoms with Crippen molar-refractivity contribution in [3.63, 3.8) is 0 Å². The minimum absolute atomic E-state index is 0.0402. The Morgan fingerprint density at radius 2 is 1.87 bits per heavy atom. The number of likely N-dealkylation sites (tertiary alicyclic amines) is 1. The van der Waals surface area contributed by atoms with Crippen molar-refractivity contribution in [1.29, 1.82) is 0 Å². The summed E-state index contributed by atoms with van der Waals surface area (Å²) in [5.74, 6) is 2.69. The van der Waals surface area contributed by atoms with Gasteiger partial charge in [0.05, 0.1) is 5.69 Å². The Labute approximate surface area is 191 Å². The van der Waals surface area contributed by atoms with Gasteiger partial charge in [-0.1, -0.05) is 44.2 Å². The molecule has 0 bridgehead atoms. The molecular weight excluding hydrogens is 402 g/mol. The molecule has 1 saturated heterocycles. The highest BCUT2D eigenvalue weighted by molar-refractivity contribution is 7.99. The molecule has 0 aromatic heterocycles. The van der Waals surface area contributed by atoms with Crippen molar-refractivity contribution >= 4 is 23.4 Å². The molecular formula is C26H35N3OS. The first kappa shape index (κ1) is 22.2. The number of benzene rings is 2. The number of carbonyl (C=O) groups excluding carboxylic acids is 1. The fourth-order valence-corrected chi connectivity index (χ4v) is 6.00. The van der Waals surface area contributed by atoms with E-state index in [1.807, 2.05) is 17.8 Å². The molecule has 2 heterocycles. The van der Waals surface area contributed by atoms with E-state index < -0.39 is 0 Å². The van der Waals surface area contributed by atoms with Gasteiger partial charge in [-0.15, -0.1) is 11.8 Å². The van der Waals surface area contributed by atoms with Gasteiger partial charge in [-0.3, -0.25) is 4.79 Å². The van der Waals surface area contributed by atoms with E-state index in [0.29, 0.717) is 0 Å². The van der Waals surface area contributed by atoms with Crippen LogP contribution in [0.15, 0.2) is 53.4 Å². The number of hydrogen-bond acceptors (Lipinski definition) is 4. The number of carbonyl (C=O) groups is 1. The van der Waals surface area contributed by atoms with Crippen molar-refractivity contribution in [1.82, 2.24) is 10.2 Å². The zero-order valence-electron chi connectivity index (χ0n) is 18.8. The maximum Gasteiger partial charge on any atom is 0.251 e. The maximum atomic E-state index is 12.8. The number of hydrogen-bond donors (Lipinski definition) is 1. The molecule has 5 heteroatoms. The number of nitrogens with zero attached hydrogens (tertiary/aromatic N) is 2. The van der Waals surface area contributed by atoms with Crippen LogP contribution in [0, 0.1) is 11.8 Å². The first-order valence-corrected chi connectivity index (χ1v) is 12.6. The second-order valence-electron chi connectivity index (χ2n) is 9.25. The summed E-state index contributed by atoms with van der Waals surface area (Å²) in [7, 11) is 0. The number of piperidine rings is 1. The van der Waals surface area contributed by atoms with Crippen LogP contribution in [0.5, 0.6) is 0 Å². The molecule has 166 valence electrons. The molecule has 0 saturated carbocycles. The van der Waals surface area contributed by atoms with Crippen LogP contribution in [0.25, 0.3) is 0 Å². The average Bonchev–Trinajstić information content (AvgIpc) is 2.76. The van der Waals surface area contributed by atoms with Gasteiger partial charge in [0.15, 0.2) is 0 Å². The van der Waals surface area contributed by atoms with Crippen LogP contribution < -0.4 is 10.2 Å². The molecule has 4 nitrogen and oxygen atoms in total. The molecule has 0 unspecified atom stereocenters. The van der Waals surface area contributed by atoms with E-state index in [9.17, 15) is 4.79 Å². The fraction of sp³-hybridized carbons (Fsp3) is 0.500. The lowest BCUT2D eigenvalue weighted by Crippen LogP contribution is -2.40. The predicted octanol–water partition coefficient (Wildman–Crippen LogP) is 4.90. The Morgan fingerprint density at radius 3 is 2.65 bits per heavy atom. The topological polar surface area (TPSA) is 35.6 Å². The lowest BCUT2D eigenvalue weighted by molar-refractivity contribution is 0.0947. The maximum absolute atomic E-state index is 12.8. The molecule has 2 aliphatic heterocycles. The molecule has 0 aliphatic carbocycles. The number of nitrogens with one attached hydrogen (secondary N) is 1. The molecule has 1 fully saturated rings. The number of amides is 1. The van der Waals surface area contributed by atoms with E-state index >= 15 is 0 Å². The van der Waals surface area contributed by atoms with E-state index in [1.54, 1.807) is 0 Å². The molecule has 0 radical (unpaired) electrons. The summed E-state index contributed by atoms with van der Waals surface area (Å²) in [6, 6.07) is 16.7. The Bertz CT molecular complexity index is 862. The number of fused-ring (bicyclic) bond motifs is 1. The summed E-state index contributed by atoms with van der Waals surface area (Å²) in [6.45, 7) is 10.8. The van der Waals surface area contributed by atoms with Gasteiger partial charge in [0.1, 0.15) is 0 Å². The highest BCUT2D eigenvalue weighted by Gasteiger charge is 2.22. The van der Waals surface area contributed by atoms with Gasteiger partial charge < -0.3 is 15.1 Å². The average molecular weight is 438 g/mol. The number of anilines is 1. The van der Waals surface area contributed by atoms with Crippen LogP contribution >= 0.6 is 11.8 Å². The lowest BCUT2D eigenvalue weighted by Gasteiger charge is -2.34. The minimum atomic E-state index is 0.0402. The van der Waals surface area contributed by atoms with E-state index in [-0.39, 0.29) is 5.91 Å². The van der Waals surface area contributed by atoms with Crippen LogP contribution in [0.3, 0.4) is 0 Å². The van der Waals surface area contributed by atoms with E-state index in [4.69, 9.17) is 0 Å². The van der Waals surface area contributed by atoms with Crippen molar-refractivity contribution in [2.75, 3.05) is 43.4 Å². The lowest BCUT2D eigenvalue weighted by atomic mass is 9.92. The van der Waals surface area contributed by atoms with Crippen molar-refractivity contribution < 1.29 is 4.79 Å². The summed E-state index contributed by atoms with van der Waals surface area (Å²) in [5, 5.41) is 3.14. The summed E-state index contributed by atoms with van der Waals surface area (Å²) < 4.78 is 0. The van der Waals surface area contributed by atoms with Crippen molar-refractivity contribution in [2.45, 2.75) is 38.1 Å². The Hall–Kier alpha value is -1.98. The van der Waals surface area contributed by atoms with Gasteiger partial charge in [-0.25, -0.2) is 0 Å². The fourth-order valence-electron chi connectivity index (χ4n) is 4.96. The monoisotopic (exact) mass is 437 g/mol. The van der Waals surface area contributed by atoms with Gasteiger partial charge in [0, 0.05) is 48.9 Å². The van der Waals surface area contributed by atoms with Gasteiger partial charge >= 0.3 is 0 Å². The third-order valence-corrected chi connectivity index (χ3v) is 7.32. The van der Waals surface area contributed by atoms with Gasteiger partial charge in [0.25, 0.3) is 5.91 Å². The molecule has 31 heavy (non-hydrogen) atoms. The number of thioether (sulfide) groups is 1.